The van der Waals surface area contributed by atoms with Gasteiger partial charge in [-0.05, 0) is 72.4 Å². The van der Waals surface area contributed by atoms with Gasteiger partial charge in [-0.15, -0.1) is 0 Å². The quantitative estimate of drug-likeness (QED) is 0.423. The summed E-state index contributed by atoms with van der Waals surface area (Å²) < 4.78 is 20.6. The molecule has 1 aliphatic rings. The zero-order chi connectivity index (χ0) is 22.6. The third-order valence-corrected chi connectivity index (χ3v) is 11.7. The molecule has 2 aromatic carbocycles. The molecule has 0 spiro atoms. The third-order valence-electron chi connectivity index (χ3n) is 6.37. The number of amides is 1. The molecule has 0 saturated heterocycles. The molecule has 0 radical (unpaired) electrons. The Kier molecular flexibility index (Phi) is 5.46. The highest BCUT2D eigenvalue weighted by molar-refractivity contribution is 7.22. The predicted octanol–water partition coefficient (Wildman–Crippen LogP) is 6.95. The molecule has 1 heterocycles. The summed E-state index contributed by atoms with van der Waals surface area (Å²) in [4.78, 5) is 16.5. The highest BCUT2D eigenvalue weighted by Gasteiger charge is 2.44. The van der Waals surface area contributed by atoms with Gasteiger partial charge in [-0.1, -0.05) is 44.2 Å². The lowest BCUT2D eigenvalue weighted by atomic mass is 10.0. The van der Waals surface area contributed by atoms with Crippen molar-refractivity contribution in [1.29, 1.82) is 0 Å². The lowest BCUT2D eigenvalue weighted by Crippen LogP contribution is -2.43. The van der Waals surface area contributed by atoms with Gasteiger partial charge < -0.3 is 9.74 Å². The molecule has 4 nitrogen and oxygen atoms in total. The second-order valence-corrected chi connectivity index (χ2v) is 15.6. The van der Waals surface area contributed by atoms with Crippen molar-refractivity contribution in [3.8, 4) is 16.9 Å². The molecule has 1 N–H and O–H groups in total. The van der Waals surface area contributed by atoms with Gasteiger partial charge >= 0.3 is 0 Å². The van der Waals surface area contributed by atoms with E-state index in [2.05, 4.69) is 69.3 Å². The number of nitrogens with zero attached hydrogens (tertiary/aromatic N) is 1. The zero-order valence-corrected chi connectivity index (χ0v) is 20.7. The van der Waals surface area contributed by atoms with Crippen LogP contribution >= 0.6 is 11.3 Å². The van der Waals surface area contributed by atoms with Crippen molar-refractivity contribution in [3.05, 3.63) is 42.0 Å². The van der Waals surface area contributed by atoms with Gasteiger partial charge in [0, 0.05) is 0 Å². The fourth-order valence-corrected chi connectivity index (χ4v) is 5.13. The molecule has 0 bridgehead atoms. The number of aryl methyl sites for hydroxylation is 1. The van der Waals surface area contributed by atoms with E-state index in [4.69, 9.17) is 4.43 Å². The summed E-state index contributed by atoms with van der Waals surface area (Å²) in [6.45, 7) is 13.3. The molecule has 0 unspecified atom stereocenters. The zero-order valence-electron chi connectivity index (χ0n) is 18.9. The summed E-state index contributed by atoms with van der Waals surface area (Å²) in [5.74, 6) is 0.0988. The Morgan fingerprint density at radius 2 is 1.94 bits per heavy atom. The highest BCUT2D eigenvalue weighted by Crippen LogP contribution is 2.39. The number of anilines is 1. The van der Waals surface area contributed by atoms with Crippen LogP contribution in [0.25, 0.3) is 21.3 Å². The summed E-state index contributed by atoms with van der Waals surface area (Å²) in [6, 6.07) is 12.4. The van der Waals surface area contributed by atoms with Crippen LogP contribution in [0.4, 0.5) is 9.52 Å². The normalized spacial score (nSPS) is 18.8. The first-order chi connectivity index (χ1) is 14.4. The van der Waals surface area contributed by atoms with E-state index in [-0.39, 0.29) is 10.9 Å². The van der Waals surface area contributed by atoms with Gasteiger partial charge in [0.15, 0.2) is 5.13 Å². The highest BCUT2D eigenvalue weighted by atomic mass is 32.1. The number of hydrogen-bond donors (Lipinski definition) is 1. The number of carbonyl (C=O) groups is 1. The summed E-state index contributed by atoms with van der Waals surface area (Å²) in [5.41, 5.74) is 4.19. The first-order valence-electron chi connectivity index (χ1n) is 10.6. The molecule has 1 fully saturated rings. The molecule has 1 aromatic heterocycles. The maximum Gasteiger partial charge on any atom is 0.250 e. The molecule has 0 aliphatic heterocycles. The van der Waals surface area contributed by atoms with Crippen molar-refractivity contribution in [3.63, 3.8) is 0 Å². The van der Waals surface area contributed by atoms with Crippen molar-refractivity contribution in [1.82, 2.24) is 4.98 Å². The maximum atomic E-state index is 13.1. The van der Waals surface area contributed by atoms with E-state index in [1.54, 1.807) is 0 Å². The summed E-state index contributed by atoms with van der Waals surface area (Å²) in [6.07, 6.45) is -0.697. The second kappa shape index (κ2) is 7.71. The van der Waals surface area contributed by atoms with Crippen LogP contribution in [0.2, 0.25) is 18.1 Å². The SMILES string of the molecule is Cc1ccc(O[Si](C)(C)C(C)(C)C)cc1-c1ccc2nc(NC(=O)[C@@H]3C[C@@H]3F)sc2c1. The van der Waals surface area contributed by atoms with E-state index in [9.17, 15) is 9.18 Å². The molecular formula is C24H29FN2O2SSi. The van der Waals surface area contributed by atoms with E-state index >= 15 is 0 Å². The fraction of sp³-hybridized carbons (Fsp3) is 0.417. The lowest BCUT2D eigenvalue weighted by molar-refractivity contribution is -0.117. The molecule has 2 atom stereocenters. The lowest BCUT2D eigenvalue weighted by Gasteiger charge is -2.36. The van der Waals surface area contributed by atoms with Crippen LogP contribution in [0, 0.1) is 12.8 Å². The van der Waals surface area contributed by atoms with Gasteiger partial charge in [0.05, 0.1) is 16.1 Å². The standard InChI is InChI=1S/C24H29FN2O2SSi/c1-14-7-9-16(29-31(5,6)24(2,3)4)12-17(14)15-8-10-20-21(11-15)30-23(26-20)27-22(28)18-13-19(18)25/h7-12,18-19H,13H2,1-6H3,(H,26,27,28)/t18-,19+/m1/s1. The molecular weight excluding hydrogens is 427 g/mol. The van der Waals surface area contributed by atoms with Crippen LogP contribution in [0.5, 0.6) is 5.75 Å². The first-order valence-corrected chi connectivity index (χ1v) is 14.3. The van der Waals surface area contributed by atoms with E-state index < -0.39 is 20.4 Å². The van der Waals surface area contributed by atoms with Crippen LogP contribution in [-0.2, 0) is 4.79 Å². The number of fused-ring (bicyclic) bond motifs is 1. The number of carbonyl (C=O) groups excluding carboxylic acids is 1. The average molecular weight is 457 g/mol. The molecule has 1 saturated carbocycles. The average Bonchev–Trinajstić information content (AvgIpc) is 3.27. The molecule has 7 heteroatoms. The third kappa shape index (κ3) is 4.53. The number of alkyl halides is 1. The fourth-order valence-electron chi connectivity index (χ4n) is 3.20. The van der Waals surface area contributed by atoms with Crippen molar-refractivity contribution in [2.75, 3.05) is 5.32 Å². The molecule has 164 valence electrons. The number of benzene rings is 2. The monoisotopic (exact) mass is 456 g/mol. The Morgan fingerprint density at radius 3 is 2.58 bits per heavy atom. The topological polar surface area (TPSA) is 51.2 Å². The Labute approximate surface area is 188 Å². The molecule has 1 aliphatic carbocycles. The van der Waals surface area contributed by atoms with Crippen molar-refractivity contribution < 1.29 is 13.6 Å². The number of rotatable bonds is 5. The van der Waals surface area contributed by atoms with Crippen molar-refractivity contribution in [2.45, 2.75) is 58.4 Å². The van der Waals surface area contributed by atoms with E-state index in [1.807, 2.05) is 18.2 Å². The predicted molar refractivity (Wildman–Crippen MR) is 129 cm³/mol. The minimum atomic E-state index is -1.93. The van der Waals surface area contributed by atoms with Gasteiger partial charge in [0.1, 0.15) is 11.9 Å². The Hall–Kier alpha value is -2.25. The number of aromatic nitrogens is 1. The number of halogens is 1. The van der Waals surface area contributed by atoms with E-state index in [0.29, 0.717) is 11.6 Å². The summed E-state index contributed by atoms with van der Waals surface area (Å²) >= 11 is 1.41. The molecule has 31 heavy (non-hydrogen) atoms. The number of hydrogen-bond acceptors (Lipinski definition) is 4. The number of nitrogens with one attached hydrogen (secondary N) is 1. The van der Waals surface area contributed by atoms with Crippen molar-refractivity contribution in [2.24, 2.45) is 5.92 Å². The van der Waals surface area contributed by atoms with E-state index in [0.717, 1.165) is 27.1 Å². The van der Waals surface area contributed by atoms with Gasteiger partial charge in [0.25, 0.3) is 0 Å². The van der Waals surface area contributed by atoms with Crippen LogP contribution in [0.15, 0.2) is 36.4 Å². The minimum Gasteiger partial charge on any atom is -0.543 e. The van der Waals surface area contributed by atoms with Gasteiger partial charge in [-0.25, -0.2) is 9.37 Å². The smallest absolute Gasteiger partial charge is 0.250 e. The molecule has 1 amide bonds. The van der Waals surface area contributed by atoms with Crippen molar-refractivity contribution >= 4 is 40.9 Å². The van der Waals surface area contributed by atoms with Gasteiger partial charge in [-0.2, -0.15) is 0 Å². The van der Waals surface area contributed by atoms with Crippen LogP contribution in [0.1, 0.15) is 32.8 Å². The molecule has 3 aromatic rings. The second-order valence-electron chi connectivity index (χ2n) is 9.89. The Morgan fingerprint density at radius 1 is 1.23 bits per heavy atom. The van der Waals surface area contributed by atoms with Crippen LogP contribution in [0.3, 0.4) is 0 Å². The van der Waals surface area contributed by atoms with Gasteiger partial charge in [0.2, 0.25) is 14.2 Å². The molecule has 4 rings (SSSR count). The van der Waals surface area contributed by atoms with E-state index in [1.165, 1.54) is 16.9 Å². The summed E-state index contributed by atoms with van der Waals surface area (Å²) in [5, 5.41) is 3.40. The largest absolute Gasteiger partial charge is 0.543 e. The van der Waals surface area contributed by atoms with Crippen LogP contribution < -0.4 is 9.74 Å². The number of thiazole rings is 1. The Bertz CT molecular complexity index is 1150. The maximum absolute atomic E-state index is 13.1. The minimum absolute atomic E-state index is 0.128. The van der Waals surface area contributed by atoms with Crippen LogP contribution in [-0.4, -0.2) is 25.4 Å². The first kappa shape index (κ1) is 22.0. The summed E-state index contributed by atoms with van der Waals surface area (Å²) in [7, 11) is -1.93. The Balaban J connectivity index is 1.61. The van der Waals surface area contributed by atoms with Gasteiger partial charge in [-0.3, -0.25) is 4.79 Å².